The molecule has 0 spiro atoms. The summed E-state index contributed by atoms with van der Waals surface area (Å²) in [7, 11) is 2.16. The van der Waals surface area contributed by atoms with Crippen LogP contribution in [0.25, 0.3) is 0 Å². The molecule has 0 bridgehead atoms. The van der Waals surface area contributed by atoms with E-state index in [1.807, 2.05) is 6.92 Å². The lowest BCUT2D eigenvalue weighted by molar-refractivity contribution is 0.269. The predicted octanol–water partition coefficient (Wildman–Crippen LogP) is 1.90. The van der Waals surface area contributed by atoms with Crippen LogP contribution in [0.15, 0.2) is 6.07 Å². The van der Waals surface area contributed by atoms with E-state index in [9.17, 15) is 0 Å². The van der Waals surface area contributed by atoms with E-state index in [0.29, 0.717) is 17.7 Å². The fraction of sp³-hybridized carbons (Fsp3) is 0.692. The Bertz CT molecular complexity index is 344. The summed E-state index contributed by atoms with van der Waals surface area (Å²) in [6.07, 6.45) is 2.31. The lowest BCUT2D eigenvalue weighted by Crippen LogP contribution is -2.27. The van der Waals surface area contributed by atoms with Crippen molar-refractivity contribution in [1.82, 2.24) is 14.9 Å². The van der Waals surface area contributed by atoms with E-state index < -0.39 is 0 Å². The normalized spacial score (nSPS) is 11.2. The Labute approximate surface area is 110 Å². The fourth-order valence-corrected chi connectivity index (χ4v) is 1.64. The summed E-state index contributed by atoms with van der Waals surface area (Å²) in [6.45, 7) is 8.32. The molecule has 5 heteroatoms. The van der Waals surface area contributed by atoms with Gasteiger partial charge in [-0.15, -0.1) is 0 Å². The van der Waals surface area contributed by atoms with Crippen molar-refractivity contribution in [3.63, 3.8) is 0 Å². The first-order valence-corrected chi connectivity index (χ1v) is 6.54. The number of anilines is 2. The van der Waals surface area contributed by atoms with Gasteiger partial charge in [0.05, 0.1) is 0 Å². The summed E-state index contributed by atoms with van der Waals surface area (Å²) in [5.74, 6) is 2.04. The van der Waals surface area contributed by atoms with Crippen LogP contribution < -0.4 is 11.1 Å². The van der Waals surface area contributed by atoms with Crippen molar-refractivity contribution in [2.45, 2.75) is 39.7 Å². The van der Waals surface area contributed by atoms with Crippen LogP contribution in [0.4, 0.5) is 11.6 Å². The number of aromatic nitrogens is 2. The molecule has 0 unspecified atom stereocenters. The maximum Gasteiger partial charge on any atom is 0.131 e. The number of nitrogen functional groups attached to an aromatic ring is 1. The van der Waals surface area contributed by atoms with Crippen LogP contribution in [-0.4, -0.2) is 41.0 Å². The highest BCUT2D eigenvalue weighted by molar-refractivity contribution is 5.44. The first-order chi connectivity index (χ1) is 8.49. The maximum atomic E-state index is 5.67. The summed E-state index contributed by atoms with van der Waals surface area (Å²) in [4.78, 5) is 10.7. The maximum absolute atomic E-state index is 5.67. The van der Waals surface area contributed by atoms with Gasteiger partial charge >= 0.3 is 0 Å². The molecule has 0 aliphatic heterocycles. The molecule has 102 valence electrons. The van der Waals surface area contributed by atoms with Gasteiger partial charge < -0.3 is 16.0 Å². The predicted molar refractivity (Wildman–Crippen MR) is 76.7 cm³/mol. The minimum absolute atomic E-state index is 0.518. The van der Waals surface area contributed by atoms with Crippen molar-refractivity contribution in [2.75, 3.05) is 31.2 Å². The van der Waals surface area contributed by atoms with Gasteiger partial charge in [-0.3, -0.25) is 0 Å². The minimum atomic E-state index is 0.518. The Morgan fingerprint density at radius 2 is 2.06 bits per heavy atom. The first-order valence-electron chi connectivity index (χ1n) is 6.54. The zero-order valence-electron chi connectivity index (χ0n) is 11.9. The van der Waals surface area contributed by atoms with Crippen molar-refractivity contribution < 1.29 is 0 Å². The van der Waals surface area contributed by atoms with Crippen molar-refractivity contribution in [3.05, 3.63) is 11.9 Å². The van der Waals surface area contributed by atoms with Crippen LogP contribution in [0.2, 0.25) is 0 Å². The fourth-order valence-electron chi connectivity index (χ4n) is 1.64. The van der Waals surface area contributed by atoms with Crippen molar-refractivity contribution in [1.29, 1.82) is 0 Å². The third-order valence-electron chi connectivity index (χ3n) is 2.98. The smallest absolute Gasteiger partial charge is 0.131 e. The standard InChI is InChI=1S/C13H25N5/c1-10(2)18(4)8-6-5-7-15-13-9-12(14)16-11(3)17-13/h9-10H,5-8H2,1-4H3,(H3,14,15,16,17). The second-order valence-electron chi connectivity index (χ2n) is 4.93. The lowest BCUT2D eigenvalue weighted by Gasteiger charge is -2.20. The quantitative estimate of drug-likeness (QED) is 0.724. The molecule has 0 saturated carbocycles. The van der Waals surface area contributed by atoms with Gasteiger partial charge in [0.2, 0.25) is 0 Å². The van der Waals surface area contributed by atoms with Gasteiger partial charge in [-0.05, 0) is 47.2 Å². The zero-order chi connectivity index (χ0) is 13.5. The van der Waals surface area contributed by atoms with E-state index >= 15 is 0 Å². The molecule has 1 aromatic heterocycles. The second-order valence-corrected chi connectivity index (χ2v) is 4.93. The number of nitrogens with two attached hydrogens (primary N) is 1. The molecule has 0 amide bonds. The van der Waals surface area contributed by atoms with Crippen molar-refractivity contribution >= 4 is 11.6 Å². The summed E-state index contributed by atoms with van der Waals surface area (Å²) in [6, 6.07) is 2.38. The molecule has 0 radical (unpaired) electrons. The van der Waals surface area contributed by atoms with Crippen LogP contribution in [-0.2, 0) is 0 Å². The van der Waals surface area contributed by atoms with Gasteiger partial charge in [0.1, 0.15) is 17.5 Å². The van der Waals surface area contributed by atoms with E-state index in [1.165, 1.54) is 6.42 Å². The third kappa shape index (κ3) is 5.31. The first kappa shape index (κ1) is 14.7. The monoisotopic (exact) mass is 251 g/mol. The molecule has 1 aromatic rings. The Morgan fingerprint density at radius 1 is 1.33 bits per heavy atom. The number of rotatable bonds is 7. The highest BCUT2D eigenvalue weighted by Gasteiger charge is 2.02. The summed E-state index contributed by atoms with van der Waals surface area (Å²) < 4.78 is 0. The van der Waals surface area contributed by atoms with E-state index in [1.54, 1.807) is 6.07 Å². The number of aryl methyl sites for hydroxylation is 1. The second kappa shape index (κ2) is 7.16. The highest BCUT2D eigenvalue weighted by atomic mass is 15.1. The number of unbranched alkanes of at least 4 members (excludes halogenated alkanes) is 1. The van der Waals surface area contributed by atoms with E-state index in [4.69, 9.17) is 5.73 Å². The summed E-state index contributed by atoms with van der Waals surface area (Å²) in [5.41, 5.74) is 5.67. The van der Waals surface area contributed by atoms with E-state index in [2.05, 4.69) is 41.1 Å². The molecule has 1 heterocycles. The van der Waals surface area contributed by atoms with Crippen LogP contribution in [0.5, 0.6) is 0 Å². The Morgan fingerprint density at radius 3 is 2.67 bits per heavy atom. The van der Waals surface area contributed by atoms with Crippen LogP contribution >= 0.6 is 0 Å². The molecule has 0 aliphatic rings. The van der Waals surface area contributed by atoms with Gasteiger partial charge in [-0.25, -0.2) is 9.97 Å². The van der Waals surface area contributed by atoms with Gasteiger partial charge in [0, 0.05) is 18.7 Å². The van der Waals surface area contributed by atoms with Crippen molar-refractivity contribution in [3.8, 4) is 0 Å². The highest BCUT2D eigenvalue weighted by Crippen LogP contribution is 2.08. The Balaban J connectivity index is 2.22. The lowest BCUT2D eigenvalue weighted by atomic mass is 10.2. The molecule has 18 heavy (non-hydrogen) atoms. The SMILES string of the molecule is Cc1nc(N)cc(NCCCCN(C)C(C)C)n1. The number of nitrogens with one attached hydrogen (secondary N) is 1. The molecule has 0 aromatic carbocycles. The Kier molecular flexibility index (Phi) is 5.85. The number of nitrogens with zero attached hydrogens (tertiary/aromatic N) is 3. The molecule has 1 rings (SSSR count). The molecule has 0 fully saturated rings. The summed E-state index contributed by atoms with van der Waals surface area (Å²) in [5, 5.41) is 3.28. The largest absolute Gasteiger partial charge is 0.384 e. The third-order valence-corrected chi connectivity index (χ3v) is 2.98. The molecule has 0 aliphatic carbocycles. The minimum Gasteiger partial charge on any atom is -0.384 e. The summed E-state index contributed by atoms with van der Waals surface area (Å²) >= 11 is 0. The van der Waals surface area contributed by atoms with Crippen LogP contribution in [0.1, 0.15) is 32.5 Å². The van der Waals surface area contributed by atoms with E-state index in [0.717, 1.165) is 25.3 Å². The number of hydrogen-bond donors (Lipinski definition) is 2. The average molecular weight is 251 g/mol. The van der Waals surface area contributed by atoms with Gasteiger partial charge in [-0.1, -0.05) is 0 Å². The van der Waals surface area contributed by atoms with Crippen LogP contribution in [0.3, 0.4) is 0 Å². The molecular weight excluding hydrogens is 226 g/mol. The van der Waals surface area contributed by atoms with Gasteiger partial charge in [-0.2, -0.15) is 0 Å². The molecular formula is C13H25N5. The van der Waals surface area contributed by atoms with Gasteiger partial charge in [0.25, 0.3) is 0 Å². The van der Waals surface area contributed by atoms with E-state index in [-0.39, 0.29) is 0 Å². The van der Waals surface area contributed by atoms with Crippen molar-refractivity contribution in [2.24, 2.45) is 0 Å². The molecule has 0 saturated heterocycles. The Hall–Kier alpha value is -1.36. The van der Waals surface area contributed by atoms with Crippen LogP contribution in [0, 0.1) is 6.92 Å². The zero-order valence-corrected chi connectivity index (χ0v) is 11.9. The average Bonchev–Trinajstić information content (AvgIpc) is 2.26. The number of hydrogen-bond acceptors (Lipinski definition) is 5. The molecule has 0 atom stereocenters. The topological polar surface area (TPSA) is 67.1 Å². The van der Waals surface area contributed by atoms with Gasteiger partial charge in [0.15, 0.2) is 0 Å². The molecule has 5 nitrogen and oxygen atoms in total. The molecule has 3 N–H and O–H groups in total.